The van der Waals surface area contributed by atoms with Crippen LogP contribution in [0.3, 0.4) is 0 Å². The van der Waals surface area contributed by atoms with Crippen LogP contribution in [0.4, 0.5) is 0 Å². The molecule has 1 amide bonds. The third-order valence-corrected chi connectivity index (χ3v) is 2.70. The van der Waals surface area contributed by atoms with Crippen molar-refractivity contribution in [2.45, 2.75) is 18.9 Å². The number of carbonyl (C=O) groups excluding carboxylic acids is 1. The Bertz CT molecular complexity index is 360. The minimum absolute atomic E-state index is 0.166. The summed E-state index contributed by atoms with van der Waals surface area (Å²) in [5.41, 5.74) is -0.367. The van der Waals surface area contributed by atoms with Gasteiger partial charge < -0.3 is 10.0 Å². The van der Waals surface area contributed by atoms with E-state index in [-0.39, 0.29) is 5.91 Å². The zero-order valence-electron chi connectivity index (χ0n) is 8.55. The Labute approximate surface area is 87.8 Å². The highest BCUT2D eigenvalue weighted by Gasteiger charge is 2.42. The van der Waals surface area contributed by atoms with Crippen molar-refractivity contribution in [1.82, 2.24) is 14.9 Å². The number of aliphatic hydroxyl groups is 1. The molecule has 1 aromatic heterocycles. The van der Waals surface area contributed by atoms with Crippen LogP contribution in [0.5, 0.6) is 0 Å². The van der Waals surface area contributed by atoms with Crippen molar-refractivity contribution >= 4 is 5.91 Å². The van der Waals surface area contributed by atoms with Crippen LogP contribution in [0.15, 0.2) is 18.6 Å². The van der Waals surface area contributed by atoms with Gasteiger partial charge in [-0.2, -0.15) is 0 Å². The highest BCUT2D eigenvalue weighted by atomic mass is 16.3. The van der Waals surface area contributed by atoms with Gasteiger partial charge in [-0.3, -0.25) is 9.78 Å². The molecular formula is C10H13N3O2. The van der Waals surface area contributed by atoms with Gasteiger partial charge in [0.25, 0.3) is 5.91 Å². The van der Waals surface area contributed by atoms with E-state index < -0.39 is 5.60 Å². The average molecular weight is 207 g/mol. The monoisotopic (exact) mass is 207 g/mol. The normalized spacial score (nSPS) is 18.4. The van der Waals surface area contributed by atoms with Crippen molar-refractivity contribution < 1.29 is 9.90 Å². The summed E-state index contributed by atoms with van der Waals surface area (Å²) in [6, 6.07) is 0. The summed E-state index contributed by atoms with van der Waals surface area (Å²) >= 11 is 0. The molecule has 1 aliphatic rings. The Morgan fingerprint density at radius 3 is 2.87 bits per heavy atom. The molecule has 0 unspecified atom stereocenters. The van der Waals surface area contributed by atoms with Gasteiger partial charge in [-0.15, -0.1) is 0 Å². The number of rotatable bonds is 2. The minimum Gasteiger partial charge on any atom is -0.386 e. The first-order valence-electron chi connectivity index (χ1n) is 4.92. The molecule has 0 saturated carbocycles. The third kappa shape index (κ3) is 1.83. The lowest BCUT2D eigenvalue weighted by molar-refractivity contribution is -0.0828. The first kappa shape index (κ1) is 10.0. The number of hydrogen-bond acceptors (Lipinski definition) is 4. The number of aromatic nitrogens is 2. The van der Waals surface area contributed by atoms with Crippen LogP contribution in [0, 0.1) is 0 Å². The summed E-state index contributed by atoms with van der Waals surface area (Å²) in [5, 5.41) is 9.76. The molecule has 1 aromatic rings. The van der Waals surface area contributed by atoms with Gasteiger partial charge in [0.2, 0.25) is 0 Å². The first-order chi connectivity index (χ1) is 7.14. The molecular weight excluding hydrogens is 194 g/mol. The standard InChI is InChI=1S/C10H13N3O2/c1-2-10(15)6-13(7-10)9(14)8-5-11-3-4-12-8/h3-5,15H,2,6-7H2,1H3. The quantitative estimate of drug-likeness (QED) is 0.745. The molecule has 1 aliphatic heterocycles. The summed E-state index contributed by atoms with van der Waals surface area (Å²) in [6.07, 6.45) is 5.11. The summed E-state index contributed by atoms with van der Waals surface area (Å²) in [6.45, 7) is 2.68. The minimum atomic E-state index is -0.697. The molecule has 0 aliphatic carbocycles. The SMILES string of the molecule is CCC1(O)CN(C(=O)c2cnccn2)C1. The van der Waals surface area contributed by atoms with Crippen molar-refractivity contribution in [3.8, 4) is 0 Å². The number of likely N-dealkylation sites (tertiary alicyclic amines) is 1. The lowest BCUT2D eigenvalue weighted by Gasteiger charge is -2.45. The Morgan fingerprint density at radius 1 is 1.60 bits per heavy atom. The molecule has 0 spiro atoms. The topological polar surface area (TPSA) is 66.3 Å². The molecule has 0 aromatic carbocycles. The van der Waals surface area contributed by atoms with Crippen LogP contribution in [-0.2, 0) is 0 Å². The Morgan fingerprint density at radius 2 is 2.33 bits per heavy atom. The number of β-amino-alcohol motifs (C(OH)–C–C–N with tert-alkyl or cyclic N) is 1. The number of carbonyl (C=O) groups is 1. The number of amides is 1. The van der Waals surface area contributed by atoms with E-state index in [1.165, 1.54) is 18.6 Å². The lowest BCUT2D eigenvalue weighted by atomic mass is 9.91. The summed E-state index contributed by atoms with van der Waals surface area (Å²) in [4.78, 5) is 21.1. The predicted octanol–water partition coefficient (Wildman–Crippen LogP) is 0.0735. The fraction of sp³-hybridized carbons (Fsp3) is 0.500. The van der Waals surface area contributed by atoms with Gasteiger partial charge in [-0.25, -0.2) is 4.98 Å². The molecule has 0 atom stereocenters. The molecule has 1 N–H and O–H groups in total. The molecule has 1 fully saturated rings. The van der Waals surface area contributed by atoms with E-state index in [1.54, 1.807) is 4.90 Å². The second kappa shape index (κ2) is 3.58. The first-order valence-corrected chi connectivity index (χ1v) is 4.92. The maximum absolute atomic E-state index is 11.7. The van der Waals surface area contributed by atoms with Crippen LogP contribution in [0.25, 0.3) is 0 Å². The van der Waals surface area contributed by atoms with Crippen molar-refractivity contribution in [2.24, 2.45) is 0 Å². The van der Waals surface area contributed by atoms with Gasteiger partial charge in [0, 0.05) is 12.4 Å². The molecule has 5 heteroatoms. The summed E-state index contributed by atoms with van der Waals surface area (Å²) < 4.78 is 0. The van der Waals surface area contributed by atoms with Gasteiger partial charge in [-0.1, -0.05) is 6.92 Å². The van der Waals surface area contributed by atoms with Crippen LogP contribution >= 0.6 is 0 Å². The van der Waals surface area contributed by atoms with Gasteiger partial charge in [0.05, 0.1) is 24.9 Å². The fourth-order valence-electron chi connectivity index (χ4n) is 1.60. The molecule has 0 radical (unpaired) electrons. The maximum atomic E-state index is 11.7. The van der Waals surface area contributed by atoms with Crippen LogP contribution in [0.2, 0.25) is 0 Å². The summed E-state index contributed by atoms with van der Waals surface area (Å²) in [5.74, 6) is -0.166. The van der Waals surface area contributed by atoms with Crippen molar-refractivity contribution in [2.75, 3.05) is 13.1 Å². The van der Waals surface area contributed by atoms with Crippen LogP contribution < -0.4 is 0 Å². The molecule has 15 heavy (non-hydrogen) atoms. The van der Waals surface area contributed by atoms with E-state index >= 15 is 0 Å². The molecule has 80 valence electrons. The molecule has 1 saturated heterocycles. The largest absolute Gasteiger partial charge is 0.386 e. The Balaban J connectivity index is 2.01. The molecule has 2 heterocycles. The highest BCUT2D eigenvalue weighted by Crippen LogP contribution is 2.24. The second-order valence-electron chi connectivity index (χ2n) is 3.83. The van der Waals surface area contributed by atoms with Crippen LogP contribution in [-0.4, -0.2) is 44.6 Å². The van der Waals surface area contributed by atoms with Gasteiger partial charge in [0.1, 0.15) is 5.69 Å². The van der Waals surface area contributed by atoms with E-state index in [0.29, 0.717) is 25.2 Å². The number of hydrogen-bond donors (Lipinski definition) is 1. The van der Waals surface area contributed by atoms with E-state index in [9.17, 15) is 9.90 Å². The van der Waals surface area contributed by atoms with E-state index in [2.05, 4.69) is 9.97 Å². The van der Waals surface area contributed by atoms with Crippen molar-refractivity contribution in [3.05, 3.63) is 24.3 Å². The van der Waals surface area contributed by atoms with E-state index in [4.69, 9.17) is 0 Å². The van der Waals surface area contributed by atoms with Crippen LogP contribution in [0.1, 0.15) is 23.8 Å². The Kier molecular flexibility index (Phi) is 2.40. The number of nitrogens with zero attached hydrogens (tertiary/aromatic N) is 3. The second-order valence-corrected chi connectivity index (χ2v) is 3.83. The summed E-state index contributed by atoms with van der Waals surface area (Å²) in [7, 11) is 0. The third-order valence-electron chi connectivity index (χ3n) is 2.70. The van der Waals surface area contributed by atoms with Gasteiger partial charge >= 0.3 is 0 Å². The molecule has 5 nitrogen and oxygen atoms in total. The zero-order chi connectivity index (χ0) is 10.9. The highest BCUT2D eigenvalue weighted by molar-refractivity contribution is 5.92. The Hall–Kier alpha value is -1.49. The van der Waals surface area contributed by atoms with E-state index in [1.807, 2.05) is 6.92 Å². The predicted molar refractivity (Wildman–Crippen MR) is 53.2 cm³/mol. The van der Waals surface area contributed by atoms with Gasteiger partial charge in [0.15, 0.2) is 0 Å². The molecule has 2 rings (SSSR count). The average Bonchev–Trinajstić information content (AvgIpc) is 2.25. The molecule has 0 bridgehead atoms. The van der Waals surface area contributed by atoms with E-state index in [0.717, 1.165) is 0 Å². The fourth-order valence-corrected chi connectivity index (χ4v) is 1.60. The van der Waals surface area contributed by atoms with Gasteiger partial charge in [-0.05, 0) is 6.42 Å². The maximum Gasteiger partial charge on any atom is 0.274 e. The lowest BCUT2D eigenvalue weighted by Crippen LogP contribution is -2.63. The smallest absolute Gasteiger partial charge is 0.274 e. The zero-order valence-corrected chi connectivity index (χ0v) is 8.55. The van der Waals surface area contributed by atoms with Crippen molar-refractivity contribution in [1.29, 1.82) is 0 Å². The van der Waals surface area contributed by atoms with Crippen molar-refractivity contribution in [3.63, 3.8) is 0 Å².